The largest absolute Gasteiger partial charge is 0.478 e. The van der Waals surface area contributed by atoms with Gasteiger partial charge in [-0.25, -0.2) is 4.79 Å². The van der Waals surface area contributed by atoms with E-state index >= 15 is 0 Å². The van der Waals surface area contributed by atoms with Crippen molar-refractivity contribution in [2.45, 2.75) is 6.92 Å². The average molecular weight is 269 g/mol. The summed E-state index contributed by atoms with van der Waals surface area (Å²) < 4.78 is 0. The maximum atomic E-state index is 12.0. The van der Waals surface area contributed by atoms with Gasteiger partial charge < -0.3 is 10.4 Å². The summed E-state index contributed by atoms with van der Waals surface area (Å²) in [7, 11) is 0. The molecule has 1 amide bonds. The zero-order valence-corrected chi connectivity index (χ0v) is 11.1. The van der Waals surface area contributed by atoms with E-state index in [1.165, 1.54) is 12.1 Å². The number of nitrogens with one attached hydrogen (secondary N) is 1. The number of benzene rings is 2. The molecule has 0 unspecified atom stereocenters. The van der Waals surface area contributed by atoms with Crippen molar-refractivity contribution in [2.24, 2.45) is 0 Å². The van der Waals surface area contributed by atoms with Gasteiger partial charge in [0.2, 0.25) is 0 Å². The monoisotopic (exact) mass is 269 g/mol. The van der Waals surface area contributed by atoms with Crippen molar-refractivity contribution in [3.05, 3.63) is 59.7 Å². The maximum absolute atomic E-state index is 12.0. The summed E-state index contributed by atoms with van der Waals surface area (Å²) in [6.07, 6.45) is 0. The summed E-state index contributed by atoms with van der Waals surface area (Å²) in [6.45, 7) is 2.42. The summed E-state index contributed by atoms with van der Waals surface area (Å²) in [5, 5.41) is 11.7. The summed E-state index contributed by atoms with van der Waals surface area (Å²) in [5.74, 6) is -1.10. The minimum atomic E-state index is -0.964. The topological polar surface area (TPSA) is 66.4 Å². The molecule has 20 heavy (non-hydrogen) atoms. The Morgan fingerprint density at radius 2 is 1.70 bits per heavy atom. The Morgan fingerprint density at radius 1 is 1.05 bits per heavy atom. The molecular weight excluding hydrogens is 254 g/mol. The highest BCUT2D eigenvalue weighted by atomic mass is 16.4. The third-order valence-corrected chi connectivity index (χ3v) is 2.95. The van der Waals surface area contributed by atoms with E-state index in [1.54, 1.807) is 24.3 Å². The smallest absolute Gasteiger partial charge is 0.335 e. The Balaban J connectivity index is 2.42. The quantitative estimate of drug-likeness (QED) is 0.897. The van der Waals surface area contributed by atoms with E-state index in [-0.39, 0.29) is 11.5 Å². The third-order valence-electron chi connectivity index (χ3n) is 2.95. The molecule has 2 aromatic carbocycles. The highest BCUT2D eigenvalue weighted by Crippen LogP contribution is 2.24. The molecule has 2 aromatic rings. The second kappa shape index (κ2) is 6.02. The molecule has 0 fully saturated rings. The summed E-state index contributed by atoms with van der Waals surface area (Å²) in [4.78, 5) is 22.9. The number of hydrogen-bond acceptors (Lipinski definition) is 2. The van der Waals surface area contributed by atoms with Gasteiger partial charge in [-0.2, -0.15) is 0 Å². The van der Waals surface area contributed by atoms with Crippen LogP contribution in [0.25, 0.3) is 11.1 Å². The molecule has 0 aliphatic heterocycles. The predicted molar refractivity (Wildman–Crippen MR) is 76.8 cm³/mol. The number of hydrogen-bond donors (Lipinski definition) is 2. The third kappa shape index (κ3) is 2.85. The maximum Gasteiger partial charge on any atom is 0.335 e. The van der Waals surface area contributed by atoms with Crippen molar-refractivity contribution in [3.63, 3.8) is 0 Å². The number of aromatic carboxylic acids is 1. The Hall–Kier alpha value is -2.62. The van der Waals surface area contributed by atoms with E-state index in [9.17, 15) is 9.59 Å². The first-order valence-electron chi connectivity index (χ1n) is 6.34. The number of carbonyl (C=O) groups excluding carboxylic acids is 1. The molecule has 0 bridgehead atoms. The fraction of sp³-hybridized carbons (Fsp3) is 0.125. The van der Waals surface area contributed by atoms with Crippen LogP contribution in [0.4, 0.5) is 0 Å². The zero-order valence-electron chi connectivity index (χ0n) is 11.1. The normalized spacial score (nSPS) is 10.1. The Kier molecular flexibility index (Phi) is 4.15. The first-order chi connectivity index (χ1) is 9.63. The lowest BCUT2D eigenvalue weighted by molar-refractivity contribution is 0.0696. The van der Waals surface area contributed by atoms with Crippen molar-refractivity contribution in [3.8, 4) is 11.1 Å². The fourth-order valence-electron chi connectivity index (χ4n) is 1.98. The zero-order chi connectivity index (χ0) is 14.5. The van der Waals surface area contributed by atoms with Crippen molar-refractivity contribution in [2.75, 3.05) is 6.54 Å². The molecule has 0 aliphatic rings. The number of rotatable bonds is 4. The second-order valence-electron chi connectivity index (χ2n) is 4.29. The lowest BCUT2D eigenvalue weighted by Gasteiger charge is -2.09. The van der Waals surface area contributed by atoms with Crippen LogP contribution in [0, 0.1) is 0 Å². The van der Waals surface area contributed by atoms with E-state index in [0.717, 1.165) is 11.1 Å². The molecule has 0 aromatic heterocycles. The molecule has 0 saturated heterocycles. The molecule has 0 spiro atoms. The Labute approximate surface area is 117 Å². The molecule has 0 saturated carbocycles. The first kappa shape index (κ1) is 13.8. The van der Waals surface area contributed by atoms with Gasteiger partial charge in [0.25, 0.3) is 5.91 Å². The predicted octanol–water partition coefficient (Wildman–Crippen LogP) is 2.80. The molecule has 0 atom stereocenters. The van der Waals surface area contributed by atoms with E-state index in [2.05, 4.69) is 5.32 Å². The van der Waals surface area contributed by atoms with Gasteiger partial charge in [-0.3, -0.25) is 4.79 Å². The SMILES string of the molecule is CCNC(=O)c1ccccc1-c1ccc(C(=O)O)cc1. The Morgan fingerprint density at radius 3 is 2.30 bits per heavy atom. The van der Waals surface area contributed by atoms with Crippen LogP contribution in [0.1, 0.15) is 27.6 Å². The lowest BCUT2D eigenvalue weighted by Crippen LogP contribution is -2.23. The van der Waals surface area contributed by atoms with Crippen LogP contribution in [-0.4, -0.2) is 23.5 Å². The van der Waals surface area contributed by atoms with Crippen LogP contribution >= 0.6 is 0 Å². The molecule has 102 valence electrons. The average Bonchev–Trinajstić information content (AvgIpc) is 2.47. The van der Waals surface area contributed by atoms with Gasteiger partial charge >= 0.3 is 5.97 Å². The van der Waals surface area contributed by atoms with Crippen LogP contribution in [0.2, 0.25) is 0 Å². The lowest BCUT2D eigenvalue weighted by atomic mass is 9.98. The molecule has 0 aliphatic carbocycles. The molecule has 0 heterocycles. The van der Waals surface area contributed by atoms with Gasteiger partial charge in [-0.1, -0.05) is 30.3 Å². The van der Waals surface area contributed by atoms with Gasteiger partial charge in [-0.05, 0) is 36.2 Å². The van der Waals surface area contributed by atoms with Gasteiger partial charge in [0, 0.05) is 12.1 Å². The summed E-state index contributed by atoms with van der Waals surface area (Å²) in [6, 6.07) is 13.7. The molecule has 2 rings (SSSR count). The molecule has 4 heteroatoms. The molecule has 2 N–H and O–H groups in total. The number of amides is 1. The van der Waals surface area contributed by atoms with E-state index in [0.29, 0.717) is 12.1 Å². The first-order valence-corrected chi connectivity index (χ1v) is 6.34. The summed E-state index contributed by atoms with van der Waals surface area (Å²) in [5.41, 5.74) is 2.41. The van der Waals surface area contributed by atoms with Crippen LogP contribution in [0.3, 0.4) is 0 Å². The van der Waals surface area contributed by atoms with Crippen LogP contribution in [0.15, 0.2) is 48.5 Å². The van der Waals surface area contributed by atoms with Crippen molar-refractivity contribution in [1.82, 2.24) is 5.32 Å². The number of carboxylic acid groups (broad SMARTS) is 1. The Bertz CT molecular complexity index is 632. The van der Waals surface area contributed by atoms with Gasteiger partial charge in [0.05, 0.1) is 5.56 Å². The molecule has 4 nitrogen and oxygen atoms in total. The van der Waals surface area contributed by atoms with Crippen molar-refractivity contribution in [1.29, 1.82) is 0 Å². The van der Waals surface area contributed by atoms with Gasteiger partial charge in [-0.15, -0.1) is 0 Å². The number of carbonyl (C=O) groups is 2. The van der Waals surface area contributed by atoms with Crippen molar-refractivity contribution < 1.29 is 14.7 Å². The highest BCUT2D eigenvalue weighted by molar-refractivity contribution is 6.01. The number of carboxylic acids is 1. The van der Waals surface area contributed by atoms with Gasteiger partial charge in [0.1, 0.15) is 0 Å². The van der Waals surface area contributed by atoms with Crippen LogP contribution in [-0.2, 0) is 0 Å². The van der Waals surface area contributed by atoms with E-state index < -0.39 is 5.97 Å². The molecule has 0 radical (unpaired) electrons. The summed E-state index contributed by atoms with van der Waals surface area (Å²) >= 11 is 0. The standard InChI is InChI=1S/C16H15NO3/c1-2-17-15(18)14-6-4-3-5-13(14)11-7-9-12(10-8-11)16(19)20/h3-10H,2H2,1H3,(H,17,18)(H,19,20). The van der Waals surface area contributed by atoms with Crippen LogP contribution < -0.4 is 5.32 Å². The van der Waals surface area contributed by atoms with Crippen LogP contribution in [0.5, 0.6) is 0 Å². The fourth-order valence-corrected chi connectivity index (χ4v) is 1.98. The van der Waals surface area contributed by atoms with E-state index in [4.69, 9.17) is 5.11 Å². The van der Waals surface area contributed by atoms with Crippen molar-refractivity contribution >= 4 is 11.9 Å². The minimum Gasteiger partial charge on any atom is -0.478 e. The molecular formula is C16H15NO3. The van der Waals surface area contributed by atoms with E-state index in [1.807, 2.05) is 19.1 Å². The minimum absolute atomic E-state index is 0.134. The highest BCUT2D eigenvalue weighted by Gasteiger charge is 2.11. The second-order valence-corrected chi connectivity index (χ2v) is 4.29. The van der Waals surface area contributed by atoms with Gasteiger partial charge in [0.15, 0.2) is 0 Å².